The molecule has 0 aromatic carbocycles. The molecule has 2 heterocycles. The van der Waals surface area contributed by atoms with Crippen LogP contribution in [0.15, 0.2) is 12.4 Å². The molecule has 0 aliphatic heterocycles. The third-order valence-corrected chi connectivity index (χ3v) is 1.83. The first-order valence-electron chi connectivity index (χ1n) is 4.13. The fourth-order valence-corrected chi connectivity index (χ4v) is 1.08. The second-order valence-electron chi connectivity index (χ2n) is 2.85. The van der Waals surface area contributed by atoms with E-state index < -0.39 is 0 Å². The number of rotatable bonds is 3. The van der Waals surface area contributed by atoms with Crippen molar-refractivity contribution in [1.82, 2.24) is 24.7 Å². The Balaban J connectivity index is 1.98. The topological polar surface area (TPSA) is 97.4 Å². The maximum Gasteiger partial charge on any atom is 0.244 e. The van der Waals surface area contributed by atoms with E-state index in [1.54, 1.807) is 6.20 Å². The summed E-state index contributed by atoms with van der Waals surface area (Å²) in [6.07, 6.45) is 3.62. The van der Waals surface area contributed by atoms with Crippen LogP contribution < -0.4 is 11.1 Å². The van der Waals surface area contributed by atoms with Crippen molar-refractivity contribution >= 4 is 11.9 Å². The van der Waals surface area contributed by atoms with Crippen molar-refractivity contribution in [3.8, 4) is 0 Å². The molecule has 0 fully saturated rings. The molecule has 2 aromatic rings. The Morgan fingerprint density at radius 2 is 2.50 bits per heavy atom. The highest BCUT2D eigenvalue weighted by atomic mass is 15.3. The van der Waals surface area contributed by atoms with E-state index in [0.29, 0.717) is 18.4 Å². The number of imidazole rings is 1. The Hall–Kier alpha value is -2.05. The summed E-state index contributed by atoms with van der Waals surface area (Å²) in [5, 5.41) is 9.37. The number of nitrogens with one attached hydrogen (secondary N) is 2. The van der Waals surface area contributed by atoms with Gasteiger partial charge in [0.25, 0.3) is 0 Å². The van der Waals surface area contributed by atoms with Gasteiger partial charge in [0.15, 0.2) is 0 Å². The van der Waals surface area contributed by atoms with Gasteiger partial charge in [-0.05, 0) is 0 Å². The first-order chi connectivity index (χ1) is 6.75. The molecule has 2 aromatic heterocycles. The molecule has 0 spiro atoms. The van der Waals surface area contributed by atoms with Crippen molar-refractivity contribution in [2.24, 2.45) is 7.05 Å². The summed E-state index contributed by atoms with van der Waals surface area (Å²) in [5.41, 5.74) is 5.37. The first-order valence-corrected chi connectivity index (χ1v) is 4.13. The van der Waals surface area contributed by atoms with E-state index in [0.717, 1.165) is 5.82 Å². The molecule has 4 N–H and O–H groups in total. The molecule has 0 unspecified atom stereocenters. The Kier molecular flexibility index (Phi) is 2.05. The lowest BCUT2D eigenvalue weighted by molar-refractivity contribution is 0.808. The summed E-state index contributed by atoms with van der Waals surface area (Å²) in [6.45, 7) is 0.570. The van der Waals surface area contributed by atoms with Crippen LogP contribution in [0.4, 0.5) is 11.9 Å². The average molecular weight is 193 g/mol. The van der Waals surface area contributed by atoms with Crippen LogP contribution in [-0.4, -0.2) is 24.7 Å². The van der Waals surface area contributed by atoms with E-state index in [2.05, 4.69) is 25.5 Å². The van der Waals surface area contributed by atoms with Gasteiger partial charge < -0.3 is 15.6 Å². The number of aryl methyl sites for hydroxylation is 1. The Bertz CT molecular complexity index is 415. The average Bonchev–Trinajstić information content (AvgIpc) is 2.72. The molecule has 14 heavy (non-hydrogen) atoms. The Labute approximate surface area is 80.4 Å². The molecule has 2 rings (SSSR count). The largest absolute Gasteiger partial charge is 0.368 e. The minimum Gasteiger partial charge on any atom is -0.368 e. The number of H-pyrrole nitrogens is 1. The van der Waals surface area contributed by atoms with Gasteiger partial charge in [0, 0.05) is 19.4 Å². The lowest BCUT2D eigenvalue weighted by atomic mass is 10.6. The molecule has 0 bridgehead atoms. The molecule has 0 saturated heterocycles. The van der Waals surface area contributed by atoms with Crippen molar-refractivity contribution in [3.63, 3.8) is 0 Å². The molecule has 7 heteroatoms. The second-order valence-corrected chi connectivity index (χ2v) is 2.85. The van der Waals surface area contributed by atoms with Gasteiger partial charge in [-0.15, -0.1) is 5.10 Å². The number of anilines is 2. The highest BCUT2D eigenvalue weighted by Gasteiger charge is 2.01. The molecule has 74 valence electrons. The summed E-state index contributed by atoms with van der Waals surface area (Å²) in [4.78, 5) is 8.04. The van der Waals surface area contributed by atoms with Crippen LogP contribution in [0, 0.1) is 0 Å². The van der Waals surface area contributed by atoms with Crippen LogP contribution in [-0.2, 0) is 13.6 Å². The van der Waals surface area contributed by atoms with E-state index >= 15 is 0 Å². The van der Waals surface area contributed by atoms with Gasteiger partial charge in [0.2, 0.25) is 11.9 Å². The van der Waals surface area contributed by atoms with Crippen molar-refractivity contribution in [2.45, 2.75) is 6.54 Å². The zero-order chi connectivity index (χ0) is 9.97. The summed E-state index contributed by atoms with van der Waals surface area (Å²) >= 11 is 0. The van der Waals surface area contributed by atoms with E-state index in [1.165, 1.54) is 0 Å². The standard InChI is InChI=1S/C7H11N7/c1-14-3-2-9-5(14)4-10-7-11-6(8)12-13-7/h2-3H,4H2,1H3,(H4,8,10,11,12,13). The summed E-state index contributed by atoms with van der Waals surface area (Å²) in [7, 11) is 1.93. The van der Waals surface area contributed by atoms with Gasteiger partial charge in [-0.3, -0.25) is 0 Å². The normalized spacial score (nSPS) is 10.4. The van der Waals surface area contributed by atoms with Gasteiger partial charge >= 0.3 is 0 Å². The molecule has 0 aliphatic rings. The third kappa shape index (κ3) is 1.65. The fourth-order valence-electron chi connectivity index (χ4n) is 1.08. The lowest BCUT2D eigenvalue weighted by Crippen LogP contribution is -2.06. The zero-order valence-corrected chi connectivity index (χ0v) is 7.73. The molecule has 0 saturated carbocycles. The number of nitrogens with zero attached hydrogens (tertiary/aromatic N) is 4. The smallest absolute Gasteiger partial charge is 0.244 e. The summed E-state index contributed by atoms with van der Waals surface area (Å²) in [6, 6.07) is 0. The number of nitrogen functional groups attached to an aromatic ring is 1. The highest BCUT2D eigenvalue weighted by molar-refractivity contribution is 5.29. The van der Waals surface area contributed by atoms with Crippen LogP contribution >= 0.6 is 0 Å². The van der Waals surface area contributed by atoms with Crippen LogP contribution in [0.25, 0.3) is 0 Å². The minimum absolute atomic E-state index is 0.298. The van der Waals surface area contributed by atoms with Crippen LogP contribution in [0.3, 0.4) is 0 Å². The van der Waals surface area contributed by atoms with Gasteiger partial charge in [0.1, 0.15) is 5.82 Å². The SMILES string of the molecule is Cn1ccnc1CNc1n[nH]c(N)n1. The number of hydrogen-bond acceptors (Lipinski definition) is 5. The number of nitrogens with two attached hydrogens (primary N) is 1. The van der Waals surface area contributed by atoms with Crippen molar-refractivity contribution in [1.29, 1.82) is 0 Å². The molecular weight excluding hydrogens is 182 g/mol. The third-order valence-electron chi connectivity index (χ3n) is 1.83. The fraction of sp³-hybridized carbons (Fsp3) is 0.286. The molecule has 0 radical (unpaired) electrons. The van der Waals surface area contributed by atoms with Gasteiger partial charge in [-0.1, -0.05) is 0 Å². The number of hydrogen-bond donors (Lipinski definition) is 3. The number of aromatic amines is 1. The second kappa shape index (κ2) is 3.36. The van der Waals surface area contributed by atoms with Crippen LogP contribution in [0.2, 0.25) is 0 Å². The Morgan fingerprint density at radius 3 is 3.07 bits per heavy atom. The maximum absolute atomic E-state index is 5.37. The van der Waals surface area contributed by atoms with E-state index in [9.17, 15) is 0 Å². The predicted molar refractivity (Wildman–Crippen MR) is 51.3 cm³/mol. The van der Waals surface area contributed by atoms with E-state index in [1.807, 2.05) is 17.8 Å². The van der Waals surface area contributed by atoms with E-state index in [4.69, 9.17) is 5.73 Å². The monoisotopic (exact) mass is 193 g/mol. The van der Waals surface area contributed by atoms with Gasteiger partial charge in [-0.2, -0.15) is 4.98 Å². The minimum atomic E-state index is 0.298. The van der Waals surface area contributed by atoms with Crippen LogP contribution in [0.1, 0.15) is 5.82 Å². The van der Waals surface area contributed by atoms with Crippen molar-refractivity contribution < 1.29 is 0 Å². The lowest BCUT2D eigenvalue weighted by Gasteiger charge is -2.01. The van der Waals surface area contributed by atoms with Crippen molar-refractivity contribution in [3.05, 3.63) is 18.2 Å². The highest BCUT2D eigenvalue weighted by Crippen LogP contribution is 2.01. The molecule has 0 amide bonds. The van der Waals surface area contributed by atoms with Gasteiger partial charge in [0.05, 0.1) is 6.54 Å². The predicted octanol–water partition coefficient (Wildman–Crippen LogP) is -0.268. The van der Waals surface area contributed by atoms with E-state index in [-0.39, 0.29) is 0 Å². The maximum atomic E-state index is 5.37. The molecule has 0 aliphatic carbocycles. The number of aromatic nitrogens is 5. The first kappa shape index (κ1) is 8.54. The quantitative estimate of drug-likeness (QED) is 0.623. The van der Waals surface area contributed by atoms with Crippen LogP contribution in [0.5, 0.6) is 0 Å². The zero-order valence-electron chi connectivity index (χ0n) is 7.73. The molecular formula is C7H11N7. The Morgan fingerprint density at radius 1 is 1.64 bits per heavy atom. The molecule has 7 nitrogen and oxygen atoms in total. The summed E-state index contributed by atoms with van der Waals surface area (Å²) < 4.78 is 1.92. The molecule has 0 atom stereocenters. The summed E-state index contributed by atoms with van der Waals surface area (Å²) in [5.74, 6) is 1.69. The van der Waals surface area contributed by atoms with Gasteiger partial charge in [-0.25, -0.2) is 10.1 Å². The van der Waals surface area contributed by atoms with Crippen molar-refractivity contribution in [2.75, 3.05) is 11.1 Å².